The van der Waals surface area contributed by atoms with Crippen LogP contribution in [-0.2, 0) is 4.79 Å². The van der Waals surface area contributed by atoms with Gasteiger partial charge in [-0.3, -0.25) is 4.79 Å². The lowest BCUT2D eigenvalue weighted by molar-refractivity contribution is -0.151. The minimum atomic E-state index is -0.529. The molecule has 0 radical (unpaired) electrons. The van der Waals surface area contributed by atoms with Crippen molar-refractivity contribution in [1.29, 1.82) is 5.26 Å². The highest BCUT2D eigenvalue weighted by molar-refractivity contribution is 5.82. The van der Waals surface area contributed by atoms with Gasteiger partial charge >= 0.3 is 0 Å². The summed E-state index contributed by atoms with van der Waals surface area (Å²) in [7, 11) is 1.63. The third-order valence-corrected chi connectivity index (χ3v) is 6.41. The number of amides is 1. The fourth-order valence-electron chi connectivity index (χ4n) is 4.73. The van der Waals surface area contributed by atoms with Gasteiger partial charge in [0.2, 0.25) is 5.91 Å². The number of carbonyl (C=O) groups excluding carboxylic acids is 1. The van der Waals surface area contributed by atoms with E-state index in [2.05, 4.69) is 17.9 Å². The second-order valence-corrected chi connectivity index (χ2v) is 8.18. The molecule has 1 aliphatic carbocycles. The molecule has 1 heterocycles. The zero-order valence-corrected chi connectivity index (χ0v) is 17.6. The Morgan fingerprint density at radius 2 is 1.84 bits per heavy atom. The molecular formula is C26H26N2O3. The highest BCUT2D eigenvalue weighted by Gasteiger charge is 2.52. The molecule has 5 heteroatoms. The molecule has 1 N–H and O–H groups in total. The number of likely N-dealkylation sites (tertiary alicyclic amines) is 1. The van der Waals surface area contributed by atoms with E-state index >= 15 is 0 Å². The Kier molecular flexibility index (Phi) is 6.26. The van der Waals surface area contributed by atoms with Gasteiger partial charge in [-0.05, 0) is 48.7 Å². The molecule has 2 aromatic rings. The van der Waals surface area contributed by atoms with Crippen LogP contribution >= 0.6 is 0 Å². The van der Waals surface area contributed by atoms with E-state index in [4.69, 9.17) is 4.74 Å². The topological polar surface area (TPSA) is 73.6 Å². The molecule has 1 amide bonds. The summed E-state index contributed by atoms with van der Waals surface area (Å²) < 4.78 is 5.22. The second kappa shape index (κ2) is 9.25. The lowest BCUT2D eigenvalue weighted by Gasteiger charge is -2.52. The lowest BCUT2D eigenvalue weighted by atomic mass is 9.75. The van der Waals surface area contributed by atoms with Gasteiger partial charge in [0, 0.05) is 23.0 Å². The minimum absolute atomic E-state index is 0.000103. The smallest absolute Gasteiger partial charge is 0.227 e. The predicted molar refractivity (Wildman–Crippen MR) is 117 cm³/mol. The van der Waals surface area contributed by atoms with Crippen LogP contribution in [0.4, 0.5) is 0 Å². The molecule has 0 spiro atoms. The average molecular weight is 415 g/mol. The summed E-state index contributed by atoms with van der Waals surface area (Å²) in [6, 6.07) is 16.8. The Morgan fingerprint density at radius 1 is 1.13 bits per heavy atom. The van der Waals surface area contributed by atoms with Gasteiger partial charge in [0.25, 0.3) is 0 Å². The first-order valence-corrected chi connectivity index (χ1v) is 10.7. The molecule has 0 bridgehead atoms. The number of methoxy groups -OCH3 is 1. The molecule has 3 atom stereocenters. The van der Waals surface area contributed by atoms with E-state index < -0.39 is 6.04 Å². The quantitative estimate of drug-likeness (QED) is 0.778. The van der Waals surface area contributed by atoms with Gasteiger partial charge in [0.15, 0.2) is 0 Å². The zero-order valence-electron chi connectivity index (χ0n) is 17.6. The summed E-state index contributed by atoms with van der Waals surface area (Å²) in [4.78, 5) is 14.5. The van der Waals surface area contributed by atoms with Crippen LogP contribution < -0.4 is 4.74 Å². The molecule has 158 valence electrons. The molecule has 1 saturated heterocycles. The number of ether oxygens (including phenoxy) is 1. The van der Waals surface area contributed by atoms with E-state index in [9.17, 15) is 15.2 Å². The number of rotatable bonds is 4. The summed E-state index contributed by atoms with van der Waals surface area (Å²) in [6.45, 7) is -0.140. The Hall–Kier alpha value is -3.28. The standard InChI is InChI=1S/C26H26N2O3/c1-31-22-8-4-5-19(15-22)10-9-18-11-13-20(14-12-18)25-23(16-27)28(24(25)17-29)26(30)21-6-2-3-7-21/h4-5,8,11-15,21,23-25,29H,2-3,6-7,17H2,1H3/t23-,24+,25+/m0/s1. The number of carbonyl (C=O) groups is 1. The minimum Gasteiger partial charge on any atom is -0.497 e. The molecule has 1 aliphatic heterocycles. The molecular weight excluding hydrogens is 388 g/mol. The number of benzene rings is 2. The lowest BCUT2D eigenvalue weighted by Crippen LogP contribution is -2.66. The number of aliphatic hydroxyl groups is 1. The van der Waals surface area contributed by atoms with Gasteiger partial charge in [-0.2, -0.15) is 5.26 Å². The number of nitrogens with zero attached hydrogens (tertiary/aromatic N) is 2. The monoisotopic (exact) mass is 414 g/mol. The van der Waals surface area contributed by atoms with Crippen LogP contribution in [0, 0.1) is 29.1 Å². The molecule has 0 aromatic heterocycles. The van der Waals surface area contributed by atoms with E-state index in [0.717, 1.165) is 48.1 Å². The molecule has 2 aliphatic rings. The van der Waals surface area contributed by atoms with Gasteiger partial charge in [-0.15, -0.1) is 0 Å². The van der Waals surface area contributed by atoms with Crippen LogP contribution in [-0.4, -0.2) is 41.7 Å². The van der Waals surface area contributed by atoms with Crippen LogP contribution in [0.1, 0.15) is 48.3 Å². The maximum Gasteiger partial charge on any atom is 0.227 e. The molecule has 31 heavy (non-hydrogen) atoms. The SMILES string of the molecule is COc1cccc(C#Cc2ccc([C@H]3[C@@H](CO)N(C(=O)C4CCCC4)[C@H]3C#N)cc2)c1. The first kappa shape index (κ1) is 21.0. The normalized spacial score (nSPS) is 22.7. The van der Waals surface area contributed by atoms with Crippen LogP contribution in [0.15, 0.2) is 48.5 Å². The first-order valence-electron chi connectivity index (χ1n) is 10.7. The predicted octanol–water partition coefficient (Wildman–Crippen LogP) is 3.46. The fourth-order valence-corrected chi connectivity index (χ4v) is 4.73. The van der Waals surface area contributed by atoms with Crippen LogP contribution in [0.2, 0.25) is 0 Å². The maximum absolute atomic E-state index is 12.9. The Labute approximate surface area is 183 Å². The molecule has 4 rings (SSSR count). The first-order chi connectivity index (χ1) is 15.2. The summed E-state index contributed by atoms with van der Waals surface area (Å²) in [6.07, 6.45) is 3.90. The Bertz CT molecular complexity index is 1040. The zero-order chi connectivity index (χ0) is 21.8. The molecule has 2 aromatic carbocycles. The van der Waals surface area contributed by atoms with Crippen molar-refractivity contribution in [1.82, 2.24) is 4.90 Å². The van der Waals surface area contributed by atoms with E-state index in [1.807, 2.05) is 48.5 Å². The average Bonchev–Trinajstić information content (AvgIpc) is 3.34. The van der Waals surface area contributed by atoms with Crippen LogP contribution in [0.25, 0.3) is 0 Å². The summed E-state index contributed by atoms with van der Waals surface area (Å²) in [5, 5.41) is 19.7. The highest BCUT2D eigenvalue weighted by Crippen LogP contribution is 2.42. The van der Waals surface area contributed by atoms with Crippen molar-refractivity contribution in [3.63, 3.8) is 0 Å². The van der Waals surface area contributed by atoms with Gasteiger partial charge in [-0.25, -0.2) is 0 Å². The molecule has 5 nitrogen and oxygen atoms in total. The van der Waals surface area contributed by atoms with Crippen LogP contribution in [0.5, 0.6) is 5.75 Å². The van der Waals surface area contributed by atoms with E-state index in [-0.39, 0.29) is 30.4 Å². The highest BCUT2D eigenvalue weighted by atomic mass is 16.5. The van der Waals surface area contributed by atoms with E-state index in [1.165, 1.54) is 0 Å². The third kappa shape index (κ3) is 4.15. The second-order valence-electron chi connectivity index (χ2n) is 8.18. The van der Waals surface area contributed by atoms with Crippen molar-refractivity contribution in [2.24, 2.45) is 5.92 Å². The molecule has 1 saturated carbocycles. The number of nitriles is 1. The van der Waals surface area contributed by atoms with Gasteiger partial charge < -0.3 is 14.7 Å². The number of aliphatic hydroxyl groups excluding tert-OH is 1. The number of hydrogen-bond acceptors (Lipinski definition) is 4. The Balaban J connectivity index is 1.50. The van der Waals surface area contributed by atoms with Gasteiger partial charge in [-0.1, -0.05) is 42.9 Å². The van der Waals surface area contributed by atoms with Gasteiger partial charge in [0.1, 0.15) is 11.8 Å². The van der Waals surface area contributed by atoms with Crippen molar-refractivity contribution in [3.05, 3.63) is 65.2 Å². The summed E-state index contributed by atoms with van der Waals surface area (Å²) in [5.41, 5.74) is 2.68. The molecule has 0 unspecified atom stereocenters. The largest absolute Gasteiger partial charge is 0.497 e. The maximum atomic E-state index is 12.9. The van der Waals surface area contributed by atoms with Crippen LogP contribution in [0.3, 0.4) is 0 Å². The van der Waals surface area contributed by atoms with E-state index in [0.29, 0.717) is 0 Å². The van der Waals surface area contributed by atoms with Crippen molar-refractivity contribution in [2.45, 2.75) is 43.7 Å². The third-order valence-electron chi connectivity index (χ3n) is 6.41. The van der Waals surface area contributed by atoms with Crippen molar-refractivity contribution in [2.75, 3.05) is 13.7 Å². The van der Waals surface area contributed by atoms with Crippen molar-refractivity contribution < 1.29 is 14.6 Å². The van der Waals surface area contributed by atoms with E-state index in [1.54, 1.807) is 12.0 Å². The Morgan fingerprint density at radius 3 is 2.48 bits per heavy atom. The van der Waals surface area contributed by atoms with Crippen molar-refractivity contribution >= 4 is 5.91 Å². The molecule has 2 fully saturated rings. The summed E-state index contributed by atoms with van der Waals surface area (Å²) >= 11 is 0. The number of hydrogen-bond donors (Lipinski definition) is 1. The van der Waals surface area contributed by atoms with Crippen molar-refractivity contribution in [3.8, 4) is 23.7 Å². The summed E-state index contributed by atoms with van der Waals surface area (Å²) in [5.74, 6) is 6.89. The van der Waals surface area contributed by atoms with Gasteiger partial charge in [0.05, 0.1) is 25.8 Å². The fraction of sp³-hybridized carbons (Fsp3) is 0.385.